The van der Waals surface area contributed by atoms with Gasteiger partial charge in [-0.2, -0.15) is 0 Å². The minimum Gasteiger partial charge on any atom is -0.507 e. The number of carbonyl (C=O) groups excluding carboxylic acids is 2. The number of amides is 1. The van der Waals surface area contributed by atoms with Crippen molar-refractivity contribution in [2.24, 2.45) is 0 Å². The number of aliphatic hydroxyl groups excluding tert-OH is 1. The Morgan fingerprint density at radius 2 is 1.78 bits per heavy atom. The zero-order valence-corrected chi connectivity index (χ0v) is 18.2. The second-order valence-corrected chi connectivity index (χ2v) is 7.82. The van der Waals surface area contributed by atoms with Crippen LogP contribution in [0.5, 0.6) is 5.75 Å². The van der Waals surface area contributed by atoms with Gasteiger partial charge in [0.2, 0.25) is 0 Å². The van der Waals surface area contributed by atoms with Crippen LogP contribution in [-0.4, -0.2) is 33.8 Å². The van der Waals surface area contributed by atoms with E-state index < -0.39 is 17.7 Å². The molecule has 6 nitrogen and oxygen atoms in total. The molecule has 0 bridgehead atoms. The number of pyridine rings is 1. The van der Waals surface area contributed by atoms with Gasteiger partial charge in [0.05, 0.1) is 31.0 Å². The van der Waals surface area contributed by atoms with E-state index in [4.69, 9.17) is 4.74 Å². The topological polar surface area (TPSA) is 79.7 Å². The standard InChI is InChI=1S/C26H24N2O4/c1-16-7-8-19(14-17(16)2)24(29)22-23(18-9-11-21(32-3)12-10-18)28(26(31)25(22)30)15-20-6-4-5-13-27-20/h4-14,23,29H,15H2,1-3H3/b24-22-. The van der Waals surface area contributed by atoms with Gasteiger partial charge in [0, 0.05) is 11.8 Å². The van der Waals surface area contributed by atoms with Crippen LogP contribution in [0, 0.1) is 13.8 Å². The number of ketones is 1. The summed E-state index contributed by atoms with van der Waals surface area (Å²) in [5.41, 5.74) is 3.98. The van der Waals surface area contributed by atoms with E-state index in [9.17, 15) is 14.7 Å². The summed E-state index contributed by atoms with van der Waals surface area (Å²) in [6, 6.07) is 17.3. The second-order valence-electron chi connectivity index (χ2n) is 7.82. The maximum atomic E-state index is 13.1. The summed E-state index contributed by atoms with van der Waals surface area (Å²) < 4.78 is 5.25. The Bertz CT molecular complexity index is 1200. The first-order valence-corrected chi connectivity index (χ1v) is 10.3. The van der Waals surface area contributed by atoms with E-state index in [1.807, 2.05) is 32.0 Å². The molecule has 1 aromatic heterocycles. The number of Topliss-reactive ketones (excluding diaryl/α,β-unsaturated/α-hetero) is 1. The van der Waals surface area contributed by atoms with Gasteiger partial charge in [-0.15, -0.1) is 0 Å². The van der Waals surface area contributed by atoms with Crippen molar-refractivity contribution in [3.05, 3.63) is 100 Å². The van der Waals surface area contributed by atoms with Crippen molar-refractivity contribution < 1.29 is 19.4 Å². The summed E-state index contributed by atoms with van der Waals surface area (Å²) in [6.45, 7) is 4.06. The molecule has 1 aliphatic rings. The number of methoxy groups -OCH3 is 1. The molecule has 0 aliphatic carbocycles. The van der Waals surface area contributed by atoms with Crippen LogP contribution in [-0.2, 0) is 16.1 Å². The van der Waals surface area contributed by atoms with Crippen LogP contribution in [0.2, 0.25) is 0 Å². The molecule has 1 atom stereocenters. The molecule has 0 spiro atoms. The van der Waals surface area contributed by atoms with Crippen LogP contribution < -0.4 is 4.74 Å². The number of aryl methyl sites for hydroxylation is 2. The highest BCUT2D eigenvalue weighted by atomic mass is 16.5. The second kappa shape index (κ2) is 8.67. The Morgan fingerprint density at radius 1 is 1.03 bits per heavy atom. The van der Waals surface area contributed by atoms with E-state index in [0.29, 0.717) is 22.6 Å². The zero-order valence-electron chi connectivity index (χ0n) is 18.2. The normalized spacial score (nSPS) is 17.6. The fourth-order valence-corrected chi connectivity index (χ4v) is 3.89. The number of nitrogens with zero attached hydrogens (tertiary/aromatic N) is 2. The third-order valence-electron chi connectivity index (χ3n) is 5.81. The van der Waals surface area contributed by atoms with Crippen molar-refractivity contribution >= 4 is 17.4 Å². The Kier molecular flexibility index (Phi) is 5.77. The summed E-state index contributed by atoms with van der Waals surface area (Å²) in [4.78, 5) is 31.9. The van der Waals surface area contributed by atoms with E-state index in [0.717, 1.165) is 11.1 Å². The van der Waals surface area contributed by atoms with Gasteiger partial charge in [-0.1, -0.05) is 30.3 Å². The molecule has 2 heterocycles. The van der Waals surface area contributed by atoms with Gasteiger partial charge in [0.25, 0.3) is 11.7 Å². The lowest BCUT2D eigenvalue weighted by atomic mass is 9.94. The average Bonchev–Trinajstić information content (AvgIpc) is 3.06. The summed E-state index contributed by atoms with van der Waals surface area (Å²) in [6.07, 6.45) is 1.64. The van der Waals surface area contributed by atoms with Gasteiger partial charge in [-0.3, -0.25) is 14.6 Å². The van der Waals surface area contributed by atoms with E-state index in [1.54, 1.807) is 55.8 Å². The minimum atomic E-state index is -0.746. The Morgan fingerprint density at radius 3 is 2.41 bits per heavy atom. The Hall–Kier alpha value is -3.93. The number of benzene rings is 2. The largest absolute Gasteiger partial charge is 0.507 e. The third kappa shape index (κ3) is 3.87. The van der Waals surface area contributed by atoms with Crippen molar-refractivity contribution in [2.45, 2.75) is 26.4 Å². The predicted octanol–water partition coefficient (Wildman–Crippen LogP) is 4.33. The molecule has 1 saturated heterocycles. The number of ether oxygens (including phenoxy) is 1. The van der Waals surface area contributed by atoms with E-state index in [2.05, 4.69) is 4.98 Å². The number of aliphatic hydroxyl groups is 1. The van der Waals surface area contributed by atoms with Crippen molar-refractivity contribution in [3.63, 3.8) is 0 Å². The van der Waals surface area contributed by atoms with Crippen molar-refractivity contribution in [3.8, 4) is 5.75 Å². The number of hydrogen-bond donors (Lipinski definition) is 1. The van der Waals surface area contributed by atoms with Crippen molar-refractivity contribution in [1.29, 1.82) is 0 Å². The molecule has 1 aliphatic heterocycles. The number of hydrogen-bond acceptors (Lipinski definition) is 5. The molecule has 0 radical (unpaired) electrons. The molecule has 1 fully saturated rings. The molecule has 1 unspecified atom stereocenters. The van der Waals surface area contributed by atoms with Gasteiger partial charge in [0.15, 0.2) is 0 Å². The van der Waals surface area contributed by atoms with E-state index in [-0.39, 0.29) is 17.9 Å². The Balaban J connectivity index is 1.86. The van der Waals surface area contributed by atoms with Crippen molar-refractivity contribution in [2.75, 3.05) is 7.11 Å². The maximum Gasteiger partial charge on any atom is 0.296 e. The van der Waals surface area contributed by atoms with E-state index in [1.165, 1.54) is 4.90 Å². The smallest absolute Gasteiger partial charge is 0.296 e. The molecule has 0 saturated carbocycles. The lowest BCUT2D eigenvalue weighted by molar-refractivity contribution is -0.140. The first-order chi connectivity index (χ1) is 15.4. The van der Waals surface area contributed by atoms with Crippen LogP contribution in [0.25, 0.3) is 5.76 Å². The molecule has 3 aromatic rings. The molecular weight excluding hydrogens is 404 g/mol. The number of rotatable bonds is 5. The molecular formula is C26H24N2O4. The fourth-order valence-electron chi connectivity index (χ4n) is 3.89. The maximum absolute atomic E-state index is 13.1. The zero-order chi connectivity index (χ0) is 22.8. The first-order valence-electron chi connectivity index (χ1n) is 10.3. The third-order valence-corrected chi connectivity index (χ3v) is 5.81. The SMILES string of the molecule is COc1ccc(C2/C(=C(/O)c3ccc(C)c(C)c3)C(=O)C(=O)N2Cc2ccccn2)cc1. The molecule has 162 valence electrons. The summed E-state index contributed by atoms with van der Waals surface area (Å²) in [5, 5.41) is 11.2. The minimum absolute atomic E-state index is 0.0688. The summed E-state index contributed by atoms with van der Waals surface area (Å²) >= 11 is 0. The average molecular weight is 428 g/mol. The Labute approximate surface area is 186 Å². The highest BCUT2D eigenvalue weighted by molar-refractivity contribution is 6.46. The number of aromatic nitrogens is 1. The number of likely N-dealkylation sites (tertiary alicyclic amines) is 1. The first kappa shape index (κ1) is 21.3. The monoisotopic (exact) mass is 428 g/mol. The van der Waals surface area contributed by atoms with Gasteiger partial charge < -0.3 is 14.7 Å². The lowest BCUT2D eigenvalue weighted by Gasteiger charge is -2.25. The van der Waals surface area contributed by atoms with Crippen LogP contribution in [0.15, 0.2) is 72.4 Å². The molecule has 4 rings (SSSR count). The van der Waals surface area contributed by atoms with Gasteiger partial charge in [-0.05, 0) is 60.9 Å². The van der Waals surface area contributed by atoms with Crippen molar-refractivity contribution in [1.82, 2.24) is 9.88 Å². The lowest BCUT2D eigenvalue weighted by Crippen LogP contribution is -2.29. The summed E-state index contributed by atoms with van der Waals surface area (Å²) in [7, 11) is 1.57. The predicted molar refractivity (Wildman–Crippen MR) is 121 cm³/mol. The molecule has 6 heteroatoms. The van der Waals surface area contributed by atoms with E-state index >= 15 is 0 Å². The van der Waals surface area contributed by atoms with Crippen LogP contribution in [0.3, 0.4) is 0 Å². The highest BCUT2D eigenvalue weighted by Gasteiger charge is 2.46. The van der Waals surface area contributed by atoms with Crippen LogP contribution >= 0.6 is 0 Å². The quantitative estimate of drug-likeness (QED) is 0.372. The summed E-state index contributed by atoms with van der Waals surface area (Å²) in [5.74, 6) is -0.903. The van der Waals surface area contributed by atoms with Crippen LogP contribution in [0.4, 0.5) is 0 Å². The van der Waals surface area contributed by atoms with Gasteiger partial charge in [0.1, 0.15) is 11.5 Å². The fraction of sp³-hybridized carbons (Fsp3) is 0.192. The highest BCUT2D eigenvalue weighted by Crippen LogP contribution is 2.40. The molecule has 1 N–H and O–H groups in total. The molecule has 1 amide bonds. The van der Waals surface area contributed by atoms with Gasteiger partial charge >= 0.3 is 0 Å². The van der Waals surface area contributed by atoms with Gasteiger partial charge in [-0.25, -0.2) is 0 Å². The van der Waals surface area contributed by atoms with Crippen LogP contribution in [0.1, 0.15) is 34.0 Å². The molecule has 32 heavy (non-hydrogen) atoms. The molecule has 2 aromatic carbocycles. The number of carbonyl (C=O) groups is 2.